The number of hydrogen-bond acceptors (Lipinski definition) is 2. The van der Waals surface area contributed by atoms with E-state index in [1.54, 1.807) is 11.3 Å². The Morgan fingerprint density at radius 2 is 2.12 bits per heavy atom. The Bertz CT molecular complexity index is 552. The second kappa shape index (κ2) is 4.73. The second-order valence-corrected chi connectivity index (χ2v) is 6.76. The Morgan fingerprint density at radius 1 is 1.29 bits per heavy atom. The molecule has 1 aromatic carbocycles. The van der Waals surface area contributed by atoms with Crippen molar-refractivity contribution < 1.29 is 0 Å². The van der Waals surface area contributed by atoms with Gasteiger partial charge >= 0.3 is 0 Å². The monoisotopic (exact) mass is 327 g/mol. The van der Waals surface area contributed by atoms with Gasteiger partial charge in [-0.2, -0.15) is 0 Å². The van der Waals surface area contributed by atoms with Crippen LogP contribution in [0.1, 0.15) is 21.9 Å². The summed E-state index contributed by atoms with van der Waals surface area (Å²) < 4.78 is 2.05. The van der Waals surface area contributed by atoms with Crippen molar-refractivity contribution >= 4 is 38.9 Å². The van der Waals surface area contributed by atoms with Crippen LogP contribution < -0.4 is 5.32 Å². The van der Waals surface area contributed by atoms with Gasteiger partial charge in [-0.3, -0.25) is 0 Å². The number of benzene rings is 1. The molecule has 0 spiro atoms. The highest BCUT2D eigenvalue weighted by Crippen LogP contribution is 2.39. The summed E-state index contributed by atoms with van der Waals surface area (Å²) in [6, 6.07) is 10.5. The first-order valence-electron chi connectivity index (χ1n) is 5.49. The van der Waals surface area contributed by atoms with Gasteiger partial charge in [0.25, 0.3) is 0 Å². The molecule has 0 fully saturated rings. The molecule has 4 heteroatoms. The third kappa shape index (κ3) is 2.17. The zero-order valence-corrected chi connectivity index (χ0v) is 12.2. The summed E-state index contributed by atoms with van der Waals surface area (Å²) in [7, 11) is 0. The molecule has 2 heterocycles. The summed E-state index contributed by atoms with van der Waals surface area (Å²) in [5.74, 6) is 0.401. The van der Waals surface area contributed by atoms with Gasteiger partial charge in [-0.1, -0.05) is 45.7 Å². The molecule has 88 valence electrons. The minimum absolute atomic E-state index is 0.401. The maximum atomic E-state index is 6.12. The van der Waals surface area contributed by atoms with Crippen molar-refractivity contribution in [2.24, 2.45) is 0 Å². The molecule has 1 unspecified atom stereocenters. The van der Waals surface area contributed by atoms with Gasteiger partial charge in [0.1, 0.15) is 0 Å². The van der Waals surface area contributed by atoms with E-state index in [-0.39, 0.29) is 0 Å². The van der Waals surface area contributed by atoms with Crippen LogP contribution in [-0.4, -0.2) is 6.54 Å². The highest BCUT2D eigenvalue weighted by molar-refractivity contribution is 9.10. The Balaban J connectivity index is 2.09. The SMILES string of the molecule is Clc1cc2c(s1)CNCC2c1ccccc1Br. The topological polar surface area (TPSA) is 12.0 Å². The van der Waals surface area contributed by atoms with Crippen molar-refractivity contribution in [2.45, 2.75) is 12.5 Å². The van der Waals surface area contributed by atoms with Gasteiger partial charge in [0, 0.05) is 28.4 Å². The van der Waals surface area contributed by atoms with E-state index in [0.717, 1.165) is 17.4 Å². The van der Waals surface area contributed by atoms with Crippen LogP contribution in [0.3, 0.4) is 0 Å². The van der Waals surface area contributed by atoms with E-state index in [2.05, 4.69) is 45.5 Å². The molecular formula is C13H11BrClNS. The highest BCUT2D eigenvalue weighted by Gasteiger charge is 2.25. The number of hydrogen-bond donors (Lipinski definition) is 1. The fourth-order valence-electron chi connectivity index (χ4n) is 2.32. The first-order valence-corrected chi connectivity index (χ1v) is 7.47. The number of thiophene rings is 1. The van der Waals surface area contributed by atoms with Crippen molar-refractivity contribution in [1.82, 2.24) is 5.32 Å². The summed E-state index contributed by atoms with van der Waals surface area (Å²) in [6.07, 6.45) is 0. The fraction of sp³-hybridized carbons (Fsp3) is 0.231. The zero-order valence-electron chi connectivity index (χ0n) is 9.04. The highest BCUT2D eigenvalue weighted by atomic mass is 79.9. The van der Waals surface area contributed by atoms with E-state index in [1.165, 1.54) is 20.5 Å². The molecule has 1 aliphatic rings. The summed E-state index contributed by atoms with van der Waals surface area (Å²) in [4.78, 5) is 1.36. The van der Waals surface area contributed by atoms with Crippen LogP contribution in [-0.2, 0) is 6.54 Å². The van der Waals surface area contributed by atoms with Crippen LogP contribution in [0.2, 0.25) is 4.34 Å². The molecule has 1 nitrogen and oxygen atoms in total. The number of fused-ring (bicyclic) bond motifs is 1. The lowest BCUT2D eigenvalue weighted by Crippen LogP contribution is -2.27. The van der Waals surface area contributed by atoms with Gasteiger partial charge in [0.05, 0.1) is 4.34 Å². The van der Waals surface area contributed by atoms with E-state index < -0.39 is 0 Å². The van der Waals surface area contributed by atoms with Crippen molar-refractivity contribution in [3.05, 3.63) is 55.1 Å². The molecule has 0 saturated carbocycles. The molecule has 1 aliphatic heterocycles. The normalized spacial score (nSPS) is 19.1. The summed E-state index contributed by atoms with van der Waals surface area (Å²) >= 11 is 11.4. The van der Waals surface area contributed by atoms with Crippen LogP contribution in [0.15, 0.2) is 34.8 Å². The molecule has 1 N–H and O–H groups in total. The molecule has 1 aromatic heterocycles. The van der Waals surface area contributed by atoms with E-state index in [1.807, 2.05) is 6.07 Å². The Hall–Kier alpha value is -0.350. The Kier molecular flexibility index (Phi) is 3.26. The molecular weight excluding hydrogens is 318 g/mol. The molecule has 0 radical (unpaired) electrons. The fourth-order valence-corrected chi connectivity index (χ4v) is 4.19. The maximum Gasteiger partial charge on any atom is 0.0934 e. The second-order valence-electron chi connectivity index (χ2n) is 4.13. The van der Waals surface area contributed by atoms with Gasteiger partial charge in [0.2, 0.25) is 0 Å². The average molecular weight is 329 g/mol. The minimum Gasteiger partial charge on any atom is -0.311 e. The molecule has 17 heavy (non-hydrogen) atoms. The van der Waals surface area contributed by atoms with Crippen LogP contribution in [0.25, 0.3) is 0 Å². The average Bonchev–Trinajstić information content (AvgIpc) is 2.70. The van der Waals surface area contributed by atoms with Gasteiger partial charge in [-0.05, 0) is 23.3 Å². The Labute approximate surface area is 118 Å². The largest absolute Gasteiger partial charge is 0.311 e. The molecule has 3 rings (SSSR count). The van der Waals surface area contributed by atoms with Gasteiger partial charge in [-0.25, -0.2) is 0 Å². The van der Waals surface area contributed by atoms with Crippen LogP contribution in [0, 0.1) is 0 Å². The summed E-state index contributed by atoms with van der Waals surface area (Å²) in [6.45, 7) is 1.91. The summed E-state index contributed by atoms with van der Waals surface area (Å²) in [5.41, 5.74) is 2.71. The van der Waals surface area contributed by atoms with Crippen molar-refractivity contribution in [1.29, 1.82) is 0 Å². The molecule has 0 bridgehead atoms. The van der Waals surface area contributed by atoms with Crippen LogP contribution in [0.4, 0.5) is 0 Å². The third-order valence-corrected chi connectivity index (χ3v) is 5.10. The maximum absolute atomic E-state index is 6.12. The van der Waals surface area contributed by atoms with Gasteiger partial charge in [0.15, 0.2) is 0 Å². The summed E-state index contributed by atoms with van der Waals surface area (Å²) in [5, 5.41) is 3.46. The first kappa shape index (κ1) is 11.7. The molecule has 2 aromatic rings. The predicted octanol–water partition coefficient (Wildman–Crippen LogP) is 4.40. The number of rotatable bonds is 1. The first-order chi connectivity index (χ1) is 8.25. The lowest BCUT2D eigenvalue weighted by Gasteiger charge is -2.24. The van der Waals surface area contributed by atoms with Crippen LogP contribution >= 0.6 is 38.9 Å². The molecule has 0 aliphatic carbocycles. The lowest BCUT2D eigenvalue weighted by molar-refractivity contribution is 0.599. The van der Waals surface area contributed by atoms with Gasteiger partial charge < -0.3 is 5.32 Å². The van der Waals surface area contributed by atoms with Crippen LogP contribution in [0.5, 0.6) is 0 Å². The van der Waals surface area contributed by atoms with E-state index in [9.17, 15) is 0 Å². The minimum atomic E-state index is 0.401. The quantitative estimate of drug-likeness (QED) is 0.818. The van der Waals surface area contributed by atoms with Crippen molar-refractivity contribution in [3.63, 3.8) is 0 Å². The molecule has 0 amide bonds. The van der Waals surface area contributed by atoms with E-state index in [4.69, 9.17) is 11.6 Å². The molecule has 0 saturated heterocycles. The molecule has 1 atom stereocenters. The number of halogens is 2. The Morgan fingerprint density at radius 3 is 2.94 bits per heavy atom. The number of nitrogens with one attached hydrogen (secondary N) is 1. The van der Waals surface area contributed by atoms with Crippen molar-refractivity contribution in [3.8, 4) is 0 Å². The van der Waals surface area contributed by atoms with E-state index >= 15 is 0 Å². The zero-order chi connectivity index (χ0) is 11.8. The lowest BCUT2D eigenvalue weighted by atomic mass is 9.89. The van der Waals surface area contributed by atoms with Gasteiger partial charge in [-0.15, -0.1) is 11.3 Å². The van der Waals surface area contributed by atoms with Crippen molar-refractivity contribution in [2.75, 3.05) is 6.54 Å². The smallest absolute Gasteiger partial charge is 0.0934 e. The predicted molar refractivity (Wildman–Crippen MR) is 77.0 cm³/mol. The standard InChI is InChI=1S/C13H11BrClNS/c14-11-4-2-1-3-8(11)10-6-16-7-12-9(10)5-13(15)17-12/h1-5,10,16H,6-7H2. The van der Waals surface area contributed by atoms with E-state index in [0.29, 0.717) is 5.92 Å². The third-order valence-electron chi connectivity index (χ3n) is 3.10.